The van der Waals surface area contributed by atoms with Crippen molar-refractivity contribution in [3.05, 3.63) is 64.7 Å². The highest BCUT2D eigenvalue weighted by Gasteiger charge is 2.23. The van der Waals surface area contributed by atoms with Crippen molar-refractivity contribution in [1.29, 1.82) is 0 Å². The first-order chi connectivity index (χ1) is 15.5. The molecule has 1 aliphatic heterocycles. The maximum absolute atomic E-state index is 12.9. The number of piperidine rings is 1. The van der Waals surface area contributed by atoms with E-state index in [9.17, 15) is 9.59 Å². The molecule has 172 valence electrons. The molecule has 1 atom stereocenters. The standard InChI is InChI=1S/C27H36N2O3/c1-4-10-24(23-12-9-11-20(3)26(23)29-17-7-6-8-18-29)28-25(30)19-21-13-15-22(16-14-21)27(31)32-5-2/h9,11-16,24H,4-8,10,17-19H2,1-3H3,(H,28,30). The van der Waals surface area contributed by atoms with Gasteiger partial charge in [-0.1, -0.05) is 43.7 Å². The van der Waals surface area contributed by atoms with E-state index in [0.717, 1.165) is 31.5 Å². The predicted octanol–water partition coefficient (Wildman–Crippen LogP) is 5.36. The van der Waals surface area contributed by atoms with Crippen LogP contribution in [0.1, 0.15) is 79.0 Å². The SMILES string of the molecule is CCCC(NC(=O)Cc1ccc(C(=O)OCC)cc1)c1cccc(C)c1N1CCCCC1. The van der Waals surface area contributed by atoms with E-state index in [2.05, 4.69) is 42.3 Å². The van der Waals surface area contributed by atoms with Crippen molar-refractivity contribution in [2.24, 2.45) is 0 Å². The third-order valence-corrected chi connectivity index (χ3v) is 6.06. The fraction of sp³-hybridized carbons (Fsp3) is 0.481. The van der Waals surface area contributed by atoms with E-state index in [-0.39, 0.29) is 24.3 Å². The Labute approximate surface area is 192 Å². The molecule has 0 bridgehead atoms. The van der Waals surface area contributed by atoms with Crippen LogP contribution < -0.4 is 10.2 Å². The van der Waals surface area contributed by atoms with E-state index < -0.39 is 0 Å². The average molecular weight is 437 g/mol. The van der Waals surface area contributed by atoms with Gasteiger partial charge in [0.2, 0.25) is 5.91 Å². The molecular weight excluding hydrogens is 400 g/mol. The number of anilines is 1. The van der Waals surface area contributed by atoms with Crippen LogP contribution >= 0.6 is 0 Å². The molecule has 1 aliphatic rings. The van der Waals surface area contributed by atoms with Crippen LogP contribution in [0.15, 0.2) is 42.5 Å². The second-order valence-corrected chi connectivity index (χ2v) is 8.56. The second kappa shape index (κ2) is 11.7. The number of nitrogens with zero attached hydrogens (tertiary/aromatic N) is 1. The zero-order chi connectivity index (χ0) is 22.9. The minimum Gasteiger partial charge on any atom is -0.462 e. The smallest absolute Gasteiger partial charge is 0.338 e. The van der Waals surface area contributed by atoms with E-state index in [0.29, 0.717) is 12.2 Å². The van der Waals surface area contributed by atoms with Crippen molar-refractivity contribution >= 4 is 17.6 Å². The summed E-state index contributed by atoms with van der Waals surface area (Å²) in [5, 5.41) is 3.29. The lowest BCUT2D eigenvalue weighted by Crippen LogP contribution is -2.34. The van der Waals surface area contributed by atoms with Crippen molar-refractivity contribution in [3.63, 3.8) is 0 Å². The lowest BCUT2D eigenvalue weighted by molar-refractivity contribution is -0.121. The Morgan fingerprint density at radius 1 is 1.03 bits per heavy atom. The summed E-state index contributed by atoms with van der Waals surface area (Å²) in [5.74, 6) is -0.338. The third kappa shape index (κ3) is 6.12. The Kier molecular flexibility index (Phi) is 8.72. The normalized spacial score (nSPS) is 14.7. The molecule has 0 aromatic heterocycles. The van der Waals surface area contributed by atoms with E-state index in [1.54, 1.807) is 19.1 Å². The minimum absolute atomic E-state index is 0.00145. The molecule has 0 spiro atoms. The number of rotatable bonds is 9. The van der Waals surface area contributed by atoms with Crippen LogP contribution in [0.2, 0.25) is 0 Å². The monoisotopic (exact) mass is 436 g/mol. The summed E-state index contributed by atoms with van der Waals surface area (Å²) < 4.78 is 5.03. The van der Waals surface area contributed by atoms with E-state index >= 15 is 0 Å². The van der Waals surface area contributed by atoms with Gasteiger partial charge in [0.1, 0.15) is 0 Å². The van der Waals surface area contributed by atoms with E-state index in [1.807, 2.05) is 12.1 Å². The molecule has 2 aromatic carbocycles. The minimum atomic E-state index is -0.337. The molecule has 5 heteroatoms. The molecule has 1 heterocycles. The van der Waals surface area contributed by atoms with Gasteiger partial charge in [-0.25, -0.2) is 4.79 Å². The van der Waals surface area contributed by atoms with Gasteiger partial charge in [-0.15, -0.1) is 0 Å². The highest BCUT2D eigenvalue weighted by Crippen LogP contribution is 2.34. The predicted molar refractivity (Wildman–Crippen MR) is 129 cm³/mol. The van der Waals surface area contributed by atoms with Gasteiger partial charge < -0.3 is 15.0 Å². The summed E-state index contributed by atoms with van der Waals surface area (Å²) in [4.78, 5) is 27.3. The topological polar surface area (TPSA) is 58.6 Å². The first-order valence-electron chi connectivity index (χ1n) is 11.9. The number of hydrogen-bond donors (Lipinski definition) is 1. The number of nitrogens with one attached hydrogen (secondary N) is 1. The van der Waals surface area contributed by atoms with Gasteiger partial charge in [-0.3, -0.25) is 4.79 Å². The van der Waals surface area contributed by atoms with Crippen molar-refractivity contribution in [2.45, 2.75) is 65.3 Å². The Morgan fingerprint density at radius 3 is 2.41 bits per heavy atom. The number of aryl methyl sites for hydroxylation is 1. The van der Waals surface area contributed by atoms with Gasteiger partial charge in [-0.2, -0.15) is 0 Å². The molecule has 0 aliphatic carbocycles. The zero-order valence-electron chi connectivity index (χ0n) is 19.7. The Bertz CT molecular complexity index is 902. The van der Waals surface area contributed by atoms with Crippen molar-refractivity contribution in [2.75, 3.05) is 24.6 Å². The van der Waals surface area contributed by atoms with Crippen LogP contribution in [0, 0.1) is 6.92 Å². The second-order valence-electron chi connectivity index (χ2n) is 8.56. The summed E-state index contributed by atoms with van der Waals surface area (Å²) in [5.41, 5.74) is 5.18. The first kappa shape index (κ1) is 23.8. The highest BCUT2D eigenvalue weighted by atomic mass is 16.5. The molecule has 2 aromatic rings. The van der Waals surface area contributed by atoms with Crippen LogP contribution in [0.25, 0.3) is 0 Å². The van der Waals surface area contributed by atoms with Gasteiger partial charge in [0.15, 0.2) is 0 Å². The number of para-hydroxylation sites is 1. The number of amides is 1. The van der Waals surface area contributed by atoms with Crippen molar-refractivity contribution < 1.29 is 14.3 Å². The van der Waals surface area contributed by atoms with Crippen LogP contribution in [-0.2, 0) is 16.0 Å². The quantitative estimate of drug-likeness (QED) is 0.538. The fourth-order valence-electron chi connectivity index (χ4n) is 4.51. The molecule has 0 radical (unpaired) electrons. The van der Waals surface area contributed by atoms with Crippen LogP contribution in [0.4, 0.5) is 5.69 Å². The lowest BCUT2D eigenvalue weighted by atomic mass is 9.95. The summed E-state index contributed by atoms with van der Waals surface area (Å²) >= 11 is 0. The summed E-state index contributed by atoms with van der Waals surface area (Å²) in [7, 11) is 0. The van der Waals surface area contributed by atoms with Gasteiger partial charge >= 0.3 is 5.97 Å². The summed E-state index contributed by atoms with van der Waals surface area (Å²) in [6, 6.07) is 13.5. The van der Waals surface area contributed by atoms with Crippen molar-refractivity contribution in [3.8, 4) is 0 Å². The summed E-state index contributed by atoms with van der Waals surface area (Å²) in [6.07, 6.45) is 5.92. The molecule has 1 fully saturated rings. The van der Waals surface area contributed by atoms with Gasteiger partial charge in [0.05, 0.1) is 24.6 Å². The van der Waals surface area contributed by atoms with Gasteiger partial charge in [0, 0.05) is 18.8 Å². The first-order valence-corrected chi connectivity index (χ1v) is 11.9. The molecule has 32 heavy (non-hydrogen) atoms. The maximum atomic E-state index is 12.9. The molecule has 0 saturated carbocycles. The molecule has 3 rings (SSSR count). The van der Waals surface area contributed by atoms with Crippen molar-refractivity contribution in [1.82, 2.24) is 5.32 Å². The molecule has 1 amide bonds. The summed E-state index contributed by atoms with van der Waals surface area (Å²) in [6.45, 7) is 8.62. The number of benzene rings is 2. The largest absolute Gasteiger partial charge is 0.462 e. The van der Waals surface area contributed by atoms with Gasteiger partial charge in [0.25, 0.3) is 0 Å². The molecular formula is C27H36N2O3. The number of carbonyl (C=O) groups excluding carboxylic acids is 2. The third-order valence-electron chi connectivity index (χ3n) is 6.06. The molecule has 1 saturated heterocycles. The van der Waals surface area contributed by atoms with Crippen LogP contribution in [0.5, 0.6) is 0 Å². The van der Waals surface area contributed by atoms with Crippen LogP contribution in [-0.4, -0.2) is 31.6 Å². The highest BCUT2D eigenvalue weighted by molar-refractivity contribution is 5.89. The number of carbonyl (C=O) groups is 2. The molecule has 1 N–H and O–H groups in total. The average Bonchev–Trinajstić information content (AvgIpc) is 2.80. The maximum Gasteiger partial charge on any atom is 0.338 e. The van der Waals surface area contributed by atoms with E-state index in [4.69, 9.17) is 4.74 Å². The number of hydrogen-bond acceptors (Lipinski definition) is 4. The molecule has 1 unspecified atom stereocenters. The zero-order valence-corrected chi connectivity index (χ0v) is 19.7. The van der Waals surface area contributed by atoms with Gasteiger partial charge in [-0.05, 0) is 68.4 Å². The molecule has 5 nitrogen and oxygen atoms in total. The van der Waals surface area contributed by atoms with E-state index in [1.165, 1.54) is 36.1 Å². The number of ether oxygens (including phenoxy) is 1. The fourth-order valence-corrected chi connectivity index (χ4v) is 4.51. The Balaban J connectivity index is 1.73. The Morgan fingerprint density at radius 2 is 1.75 bits per heavy atom. The van der Waals surface area contributed by atoms with Crippen LogP contribution in [0.3, 0.4) is 0 Å². The number of esters is 1. The lowest BCUT2D eigenvalue weighted by Gasteiger charge is -2.34. The Hall–Kier alpha value is -2.82.